The van der Waals surface area contributed by atoms with Gasteiger partial charge in [0, 0.05) is 25.2 Å². The van der Waals surface area contributed by atoms with Gasteiger partial charge in [0.05, 0.1) is 15.8 Å². The second kappa shape index (κ2) is 6.96. The molecular formula is C13H16Cl2N2O3S. The Kier molecular flexibility index (Phi) is 5.48. The Morgan fingerprint density at radius 1 is 1.19 bits per heavy atom. The first kappa shape index (κ1) is 16.5. The summed E-state index contributed by atoms with van der Waals surface area (Å²) in [5.41, 5.74) is 0.493. The largest absolute Gasteiger partial charge is 0.326 e. The average molecular weight is 351 g/mol. The van der Waals surface area contributed by atoms with E-state index in [4.69, 9.17) is 23.2 Å². The number of hydrogen-bond acceptors (Lipinski definition) is 3. The number of carbonyl (C=O) groups is 1. The number of carbonyl (C=O) groups excluding carboxylic acids is 1. The topological polar surface area (TPSA) is 66.5 Å². The van der Waals surface area contributed by atoms with Gasteiger partial charge >= 0.3 is 0 Å². The molecule has 0 spiro atoms. The molecule has 8 heteroatoms. The van der Waals surface area contributed by atoms with Crippen molar-refractivity contribution in [1.82, 2.24) is 4.31 Å². The molecule has 1 heterocycles. The van der Waals surface area contributed by atoms with Crippen LogP contribution in [0.25, 0.3) is 0 Å². The molecule has 0 aliphatic carbocycles. The van der Waals surface area contributed by atoms with Gasteiger partial charge in [0.1, 0.15) is 0 Å². The van der Waals surface area contributed by atoms with Crippen LogP contribution in [-0.4, -0.2) is 37.5 Å². The molecule has 1 saturated heterocycles. The van der Waals surface area contributed by atoms with Gasteiger partial charge in [-0.05, 0) is 31.0 Å². The zero-order valence-corrected chi connectivity index (χ0v) is 13.6. The molecule has 0 unspecified atom stereocenters. The average Bonchev–Trinajstić information content (AvgIpc) is 2.96. The van der Waals surface area contributed by atoms with Gasteiger partial charge in [0.2, 0.25) is 15.9 Å². The van der Waals surface area contributed by atoms with Gasteiger partial charge in [-0.3, -0.25) is 4.79 Å². The SMILES string of the molecule is O=C(CCS(=O)(=O)N1CCCC1)Nc1ccc(Cl)c(Cl)c1. The van der Waals surface area contributed by atoms with Gasteiger partial charge in [-0.1, -0.05) is 23.2 Å². The number of sulfonamides is 1. The maximum atomic E-state index is 12.0. The fourth-order valence-corrected chi connectivity index (χ4v) is 3.93. The second-order valence-electron chi connectivity index (χ2n) is 4.85. The first-order valence-corrected chi connectivity index (χ1v) is 8.98. The van der Waals surface area contributed by atoms with E-state index in [9.17, 15) is 13.2 Å². The van der Waals surface area contributed by atoms with Crippen LogP contribution in [0.3, 0.4) is 0 Å². The van der Waals surface area contributed by atoms with E-state index in [1.807, 2.05) is 0 Å². The Morgan fingerprint density at radius 2 is 1.86 bits per heavy atom. The van der Waals surface area contributed by atoms with Crippen molar-refractivity contribution in [2.24, 2.45) is 0 Å². The minimum Gasteiger partial charge on any atom is -0.326 e. The normalized spacial score (nSPS) is 16.1. The molecule has 1 fully saturated rings. The lowest BCUT2D eigenvalue weighted by atomic mass is 10.3. The first-order chi connectivity index (χ1) is 9.88. The Bertz CT molecular complexity index is 628. The summed E-state index contributed by atoms with van der Waals surface area (Å²) in [6.07, 6.45) is 1.68. The van der Waals surface area contributed by atoms with E-state index in [2.05, 4.69) is 5.32 Å². The van der Waals surface area contributed by atoms with Crippen molar-refractivity contribution in [1.29, 1.82) is 0 Å². The van der Waals surface area contributed by atoms with Crippen molar-refractivity contribution in [3.8, 4) is 0 Å². The number of benzene rings is 1. The van der Waals surface area contributed by atoms with Crippen molar-refractivity contribution < 1.29 is 13.2 Å². The maximum absolute atomic E-state index is 12.0. The van der Waals surface area contributed by atoms with Crippen LogP contribution >= 0.6 is 23.2 Å². The molecule has 2 rings (SSSR count). The molecule has 0 saturated carbocycles. The molecule has 1 aliphatic rings. The Hall–Kier alpha value is -0.820. The van der Waals surface area contributed by atoms with Gasteiger partial charge < -0.3 is 5.32 Å². The quantitative estimate of drug-likeness (QED) is 0.887. The number of nitrogens with one attached hydrogen (secondary N) is 1. The molecule has 116 valence electrons. The Balaban J connectivity index is 1.88. The minimum atomic E-state index is -3.34. The zero-order valence-electron chi connectivity index (χ0n) is 11.3. The van der Waals surface area contributed by atoms with Crippen LogP contribution < -0.4 is 5.32 Å². The highest BCUT2D eigenvalue weighted by Crippen LogP contribution is 2.25. The monoisotopic (exact) mass is 350 g/mol. The summed E-state index contributed by atoms with van der Waals surface area (Å²) >= 11 is 11.6. The summed E-state index contributed by atoms with van der Waals surface area (Å²) < 4.78 is 25.4. The van der Waals surface area contributed by atoms with Crippen molar-refractivity contribution in [2.45, 2.75) is 19.3 Å². The lowest BCUT2D eigenvalue weighted by molar-refractivity contribution is -0.115. The Labute approximate surface area is 134 Å². The first-order valence-electron chi connectivity index (χ1n) is 6.61. The van der Waals surface area contributed by atoms with Crippen molar-refractivity contribution >= 4 is 44.8 Å². The van der Waals surface area contributed by atoms with Crippen LogP contribution in [0.4, 0.5) is 5.69 Å². The van der Waals surface area contributed by atoms with Crippen molar-refractivity contribution in [3.63, 3.8) is 0 Å². The highest BCUT2D eigenvalue weighted by atomic mass is 35.5. The number of hydrogen-bond donors (Lipinski definition) is 1. The molecule has 1 aliphatic heterocycles. The second-order valence-corrected chi connectivity index (χ2v) is 7.75. The molecule has 0 bridgehead atoms. The summed E-state index contributed by atoms with van der Waals surface area (Å²) in [6, 6.07) is 4.71. The van der Waals surface area contributed by atoms with Crippen LogP contribution in [0, 0.1) is 0 Å². The van der Waals surface area contributed by atoms with E-state index in [0.29, 0.717) is 28.8 Å². The van der Waals surface area contributed by atoms with Gasteiger partial charge in [-0.15, -0.1) is 0 Å². The highest BCUT2D eigenvalue weighted by Gasteiger charge is 2.25. The van der Waals surface area contributed by atoms with Gasteiger partial charge in [0.25, 0.3) is 0 Å². The zero-order chi connectivity index (χ0) is 15.5. The lowest BCUT2D eigenvalue weighted by Gasteiger charge is -2.15. The molecule has 1 N–H and O–H groups in total. The minimum absolute atomic E-state index is 0.0842. The molecule has 1 aromatic rings. The fourth-order valence-electron chi connectivity index (χ4n) is 2.11. The number of anilines is 1. The molecule has 0 radical (unpaired) electrons. The van der Waals surface area contributed by atoms with Gasteiger partial charge in [0.15, 0.2) is 0 Å². The predicted molar refractivity (Wildman–Crippen MR) is 84.3 cm³/mol. The molecule has 5 nitrogen and oxygen atoms in total. The molecule has 1 amide bonds. The maximum Gasteiger partial charge on any atom is 0.225 e. The lowest BCUT2D eigenvalue weighted by Crippen LogP contribution is -2.31. The van der Waals surface area contributed by atoms with Gasteiger partial charge in [-0.25, -0.2) is 12.7 Å². The predicted octanol–water partition coefficient (Wildman–Crippen LogP) is 2.75. The number of amides is 1. The van der Waals surface area contributed by atoms with E-state index in [-0.39, 0.29) is 18.1 Å². The molecule has 0 atom stereocenters. The third kappa shape index (κ3) is 4.57. The van der Waals surface area contributed by atoms with E-state index in [1.165, 1.54) is 10.4 Å². The standard InChI is InChI=1S/C13H16Cl2N2O3S/c14-11-4-3-10(9-12(11)15)16-13(18)5-8-21(19,20)17-6-1-2-7-17/h3-4,9H,1-2,5-8H2,(H,16,18). The third-order valence-electron chi connectivity index (χ3n) is 3.25. The van der Waals surface area contributed by atoms with Crippen LogP contribution in [0.15, 0.2) is 18.2 Å². The third-order valence-corrected chi connectivity index (χ3v) is 5.86. The molecule has 0 aromatic heterocycles. The molecule has 21 heavy (non-hydrogen) atoms. The summed E-state index contributed by atoms with van der Waals surface area (Å²) in [6.45, 7) is 1.10. The highest BCUT2D eigenvalue weighted by molar-refractivity contribution is 7.89. The van der Waals surface area contributed by atoms with E-state index in [0.717, 1.165) is 12.8 Å². The summed E-state index contributed by atoms with van der Waals surface area (Å²) in [7, 11) is -3.34. The molecular weight excluding hydrogens is 335 g/mol. The van der Waals surface area contributed by atoms with Crippen molar-refractivity contribution in [3.05, 3.63) is 28.2 Å². The van der Waals surface area contributed by atoms with E-state index in [1.54, 1.807) is 12.1 Å². The van der Waals surface area contributed by atoms with Crippen LogP contribution in [-0.2, 0) is 14.8 Å². The number of halogens is 2. The smallest absolute Gasteiger partial charge is 0.225 e. The Morgan fingerprint density at radius 3 is 2.48 bits per heavy atom. The van der Waals surface area contributed by atoms with Gasteiger partial charge in [-0.2, -0.15) is 0 Å². The summed E-state index contributed by atoms with van der Waals surface area (Å²) in [4.78, 5) is 11.8. The van der Waals surface area contributed by atoms with Crippen LogP contribution in [0.1, 0.15) is 19.3 Å². The number of rotatable bonds is 5. The fraction of sp³-hybridized carbons (Fsp3) is 0.462. The van der Waals surface area contributed by atoms with Crippen molar-refractivity contribution in [2.75, 3.05) is 24.2 Å². The number of nitrogens with zero attached hydrogens (tertiary/aromatic N) is 1. The van der Waals surface area contributed by atoms with Crippen LogP contribution in [0.2, 0.25) is 10.0 Å². The van der Waals surface area contributed by atoms with Crippen LogP contribution in [0.5, 0.6) is 0 Å². The van der Waals surface area contributed by atoms with E-state index < -0.39 is 10.0 Å². The summed E-state index contributed by atoms with van der Waals surface area (Å²) in [5, 5.41) is 3.34. The molecule has 1 aromatic carbocycles. The van der Waals surface area contributed by atoms with E-state index >= 15 is 0 Å². The summed E-state index contributed by atoms with van der Waals surface area (Å²) in [5.74, 6) is -0.545.